The van der Waals surface area contributed by atoms with Crippen molar-refractivity contribution in [3.8, 4) is 0 Å². The first kappa shape index (κ1) is 17.0. The zero-order valence-electron chi connectivity index (χ0n) is 13.3. The highest BCUT2D eigenvalue weighted by Crippen LogP contribution is 2.34. The Hall–Kier alpha value is -0.0800. The molecule has 0 aromatic carbocycles. The molecule has 0 heterocycles. The number of nitrogens with two attached hydrogens (primary N) is 1. The van der Waals surface area contributed by atoms with Crippen molar-refractivity contribution in [3.63, 3.8) is 0 Å². The lowest BCUT2D eigenvalue weighted by atomic mass is 9.76. The van der Waals surface area contributed by atoms with Crippen molar-refractivity contribution in [1.82, 2.24) is 5.43 Å². The molecule has 0 spiro atoms. The molecule has 0 aromatic rings. The molecule has 0 saturated heterocycles. The summed E-state index contributed by atoms with van der Waals surface area (Å²) < 4.78 is 0. The zero-order valence-corrected chi connectivity index (χ0v) is 13.3. The largest absolute Gasteiger partial charge is 0.271 e. The lowest BCUT2D eigenvalue weighted by molar-refractivity contribution is 0.200. The smallest absolute Gasteiger partial charge is 0.0238 e. The number of hydrogen-bond donors (Lipinski definition) is 2. The van der Waals surface area contributed by atoms with E-state index in [9.17, 15) is 0 Å². The number of unbranched alkanes of at least 4 members (excludes halogenated alkanes) is 5. The predicted octanol–water partition coefficient (Wildman–Crippen LogP) is 4.79. The summed E-state index contributed by atoms with van der Waals surface area (Å²) in [7, 11) is 0. The lowest BCUT2D eigenvalue weighted by Crippen LogP contribution is -2.42. The Morgan fingerprint density at radius 1 is 1.05 bits per heavy atom. The van der Waals surface area contributed by atoms with Crippen LogP contribution >= 0.6 is 0 Å². The number of hydrazine groups is 1. The van der Waals surface area contributed by atoms with E-state index in [1.165, 1.54) is 77.0 Å². The molecule has 0 radical (unpaired) electrons. The van der Waals surface area contributed by atoms with Crippen LogP contribution in [0.3, 0.4) is 0 Å². The Balaban J connectivity index is 2.17. The van der Waals surface area contributed by atoms with Gasteiger partial charge in [0, 0.05) is 6.04 Å². The van der Waals surface area contributed by atoms with Gasteiger partial charge in [-0.2, -0.15) is 0 Å². The normalized spacial score (nSPS) is 25.4. The molecule has 114 valence electrons. The SMILES string of the molecule is CCCCCCCCC(NN)C1CCCC(CC)C1. The predicted molar refractivity (Wildman–Crippen MR) is 84.8 cm³/mol. The fourth-order valence-electron chi connectivity index (χ4n) is 3.67. The first-order valence-electron chi connectivity index (χ1n) is 8.77. The number of rotatable bonds is 10. The molecule has 3 atom stereocenters. The fraction of sp³-hybridized carbons (Fsp3) is 1.00. The van der Waals surface area contributed by atoms with Gasteiger partial charge in [0.2, 0.25) is 0 Å². The van der Waals surface area contributed by atoms with Gasteiger partial charge in [0.1, 0.15) is 0 Å². The second-order valence-electron chi connectivity index (χ2n) is 6.53. The molecule has 2 heteroatoms. The summed E-state index contributed by atoms with van der Waals surface area (Å²) >= 11 is 0. The summed E-state index contributed by atoms with van der Waals surface area (Å²) in [6.07, 6.45) is 16.6. The standard InChI is InChI=1S/C17H36N2/c1-3-5-6-7-8-9-13-17(19-18)16-12-10-11-15(4-2)14-16/h15-17,19H,3-14,18H2,1-2H3. The minimum atomic E-state index is 0.570. The maximum Gasteiger partial charge on any atom is 0.0238 e. The van der Waals surface area contributed by atoms with Crippen molar-refractivity contribution >= 4 is 0 Å². The maximum absolute atomic E-state index is 5.80. The summed E-state index contributed by atoms with van der Waals surface area (Å²) in [5.74, 6) is 7.59. The first-order chi connectivity index (χ1) is 9.31. The van der Waals surface area contributed by atoms with Crippen LogP contribution in [0.5, 0.6) is 0 Å². The Labute approximate surface area is 120 Å². The molecule has 1 rings (SSSR count). The molecule has 2 nitrogen and oxygen atoms in total. The van der Waals surface area contributed by atoms with E-state index in [2.05, 4.69) is 19.3 Å². The molecule has 0 aromatic heterocycles. The molecule has 3 unspecified atom stereocenters. The van der Waals surface area contributed by atoms with Gasteiger partial charge in [-0.15, -0.1) is 0 Å². The molecule has 0 amide bonds. The van der Waals surface area contributed by atoms with E-state index in [1.807, 2.05) is 0 Å². The van der Waals surface area contributed by atoms with Crippen molar-refractivity contribution in [2.24, 2.45) is 17.7 Å². The van der Waals surface area contributed by atoms with Crippen LogP contribution in [0.25, 0.3) is 0 Å². The second-order valence-corrected chi connectivity index (χ2v) is 6.53. The second kappa shape index (κ2) is 10.7. The Morgan fingerprint density at radius 2 is 1.79 bits per heavy atom. The lowest BCUT2D eigenvalue weighted by Gasteiger charge is -2.34. The van der Waals surface area contributed by atoms with Crippen LogP contribution in [-0.4, -0.2) is 6.04 Å². The van der Waals surface area contributed by atoms with E-state index in [-0.39, 0.29) is 0 Å². The van der Waals surface area contributed by atoms with Crippen LogP contribution in [-0.2, 0) is 0 Å². The van der Waals surface area contributed by atoms with Crippen LogP contribution in [0, 0.1) is 11.8 Å². The molecular formula is C17H36N2. The van der Waals surface area contributed by atoms with Gasteiger partial charge in [0.25, 0.3) is 0 Å². The third-order valence-corrected chi connectivity index (χ3v) is 5.05. The minimum Gasteiger partial charge on any atom is -0.271 e. The molecule has 0 aliphatic heterocycles. The van der Waals surface area contributed by atoms with E-state index in [1.54, 1.807) is 0 Å². The summed E-state index contributed by atoms with van der Waals surface area (Å²) in [5.41, 5.74) is 3.12. The van der Waals surface area contributed by atoms with E-state index in [4.69, 9.17) is 5.84 Å². The summed E-state index contributed by atoms with van der Waals surface area (Å²) in [6, 6.07) is 0.570. The van der Waals surface area contributed by atoms with Crippen molar-refractivity contribution in [1.29, 1.82) is 0 Å². The molecule has 1 fully saturated rings. The number of nitrogens with one attached hydrogen (secondary N) is 1. The maximum atomic E-state index is 5.80. The van der Waals surface area contributed by atoms with Crippen molar-refractivity contribution < 1.29 is 0 Å². The van der Waals surface area contributed by atoms with Gasteiger partial charge in [0.15, 0.2) is 0 Å². The number of hydrogen-bond acceptors (Lipinski definition) is 2. The van der Waals surface area contributed by atoms with Crippen molar-refractivity contribution in [3.05, 3.63) is 0 Å². The van der Waals surface area contributed by atoms with E-state index < -0.39 is 0 Å². The minimum absolute atomic E-state index is 0.570. The molecule has 3 N–H and O–H groups in total. The highest BCUT2D eigenvalue weighted by atomic mass is 15.2. The monoisotopic (exact) mass is 268 g/mol. The Morgan fingerprint density at radius 3 is 2.47 bits per heavy atom. The third-order valence-electron chi connectivity index (χ3n) is 5.05. The van der Waals surface area contributed by atoms with Gasteiger partial charge in [-0.05, 0) is 31.1 Å². The van der Waals surface area contributed by atoms with Gasteiger partial charge in [-0.25, -0.2) is 0 Å². The molecular weight excluding hydrogens is 232 g/mol. The molecule has 1 saturated carbocycles. The summed E-state index contributed by atoms with van der Waals surface area (Å²) in [5, 5.41) is 0. The van der Waals surface area contributed by atoms with Crippen molar-refractivity contribution in [2.75, 3.05) is 0 Å². The van der Waals surface area contributed by atoms with Gasteiger partial charge in [-0.1, -0.05) is 71.6 Å². The first-order valence-corrected chi connectivity index (χ1v) is 8.77. The summed E-state index contributed by atoms with van der Waals surface area (Å²) in [6.45, 7) is 4.62. The van der Waals surface area contributed by atoms with Crippen LogP contribution in [0.1, 0.15) is 90.9 Å². The topological polar surface area (TPSA) is 38.0 Å². The Kier molecular flexibility index (Phi) is 9.54. The molecule has 1 aliphatic rings. The van der Waals surface area contributed by atoms with Gasteiger partial charge in [-0.3, -0.25) is 11.3 Å². The molecule has 19 heavy (non-hydrogen) atoms. The summed E-state index contributed by atoms with van der Waals surface area (Å²) in [4.78, 5) is 0. The molecule has 1 aliphatic carbocycles. The Bertz CT molecular complexity index is 205. The van der Waals surface area contributed by atoms with Crippen LogP contribution < -0.4 is 11.3 Å². The average Bonchev–Trinajstić information content (AvgIpc) is 2.46. The van der Waals surface area contributed by atoms with Gasteiger partial charge >= 0.3 is 0 Å². The van der Waals surface area contributed by atoms with E-state index >= 15 is 0 Å². The van der Waals surface area contributed by atoms with E-state index in [0.717, 1.165) is 11.8 Å². The van der Waals surface area contributed by atoms with Gasteiger partial charge < -0.3 is 0 Å². The van der Waals surface area contributed by atoms with Crippen LogP contribution in [0.15, 0.2) is 0 Å². The zero-order chi connectivity index (χ0) is 13.9. The quantitative estimate of drug-likeness (QED) is 0.340. The third kappa shape index (κ3) is 6.76. The van der Waals surface area contributed by atoms with Crippen LogP contribution in [0.2, 0.25) is 0 Å². The van der Waals surface area contributed by atoms with Crippen molar-refractivity contribution in [2.45, 2.75) is 96.9 Å². The highest BCUT2D eigenvalue weighted by Gasteiger charge is 2.26. The van der Waals surface area contributed by atoms with E-state index in [0.29, 0.717) is 6.04 Å². The van der Waals surface area contributed by atoms with Gasteiger partial charge in [0.05, 0.1) is 0 Å². The molecule has 0 bridgehead atoms. The van der Waals surface area contributed by atoms with Crippen LogP contribution in [0.4, 0.5) is 0 Å². The average molecular weight is 268 g/mol. The highest BCUT2D eigenvalue weighted by molar-refractivity contribution is 4.81. The fourth-order valence-corrected chi connectivity index (χ4v) is 3.67.